The summed E-state index contributed by atoms with van der Waals surface area (Å²) >= 11 is 19.3. The van der Waals surface area contributed by atoms with Crippen LogP contribution in [0.2, 0.25) is 14.4 Å². The van der Waals surface area contributed by atoms with Crippen molar-refractivity contribution in [3.05, 3.63) is 49.1 Å². The molecule has 0 fully saturated rings. The first-order valence-electron chi connectivity index (χ1n) is 5.57. The lowest BCUT2D eigenvalue weighted by Crippen LogP contribution is -2.28. The van der Waals surface area contributed by atoms with E-state index in [4.69, 9.17) is 34.8 Å². The second kappa shape index (κ2) is 5.04. The Balaban J connectivity index is 2.08. The van der Waals surface area contributed by atoms with E-state index in [1.165, 1.54) is 22.3 Å². The van der Waals surface area contributed by atoms with Crippen molar-refractivity contribution in [2.45, 2.75) is 6.54 Å². The fourth-order valence-electron chi connectivity index (χ4n) is 2.10. The summed E-state index contributed by atoms with van der Waals surface area (Å²) < 4.78 is 0.621. The molecule has 7 heteroatoms. The van der Waals surface area contributed by atoms with E-state index in [2.05, 4.69) is 0 Å². The molecule has 0 spiro atoms. The zero-order valence-electron chi connectivity index (χ0n) is 9.82. The number of thiophene rings is 1. The molecule has 3 rings (SSSR count). The molecular formula is C13H6Cl3NO2S. The number of amides is 1. The molecule has 1 aliphatic heterocycles. The first-order valence-corrected chi connectivity index (χ1v) is 7.52. The molecule has 0 N–H and O–H groups in total. The highest BCUT2D eigenvalue weighted by atomic mass is 35.5. The van der Waals surface area contributed by atoms with Gasteiger partial charge in [0.2, 0.25) is 0 Å². The summed E-state index contributed by atoms with van der Waals surface area (Å²) in [5, 5.41) is 0.556. The number of ketones is 1. The predicted octanol–water partition coefficient (Wildman–Crippen LogP) is 4.44. The van der Waals surface area contributed by atoms with Crippen LogP contribution in [0.25, 0.3) is 0 Å². The second-order valence-corrected chi connectivity index (χ2v) is 6.79. The lowest BCUT2D eigenvalue weighted by atomic mass is 10.1. The predicted molar refractivity (Wildman–Crippen MR) is 81.3 cm³/mol. The number of carbonyl (C=O) groups excluding carboxylic acids is 2. The number of anilines is 1. The molecule has 0 radical (unpaired) electrons. The van der Waals surface area contributed by atoms with Gasteiger partial charge >= 0.3 is 0 Å². The Kier molecular flexibility index (Phi) is 3.50. The number of benzene rings is 1. The van der Waals surface area contributed by atoms with E-state index < -0.39 is 11.7 Å². The highest BCUT2D eigenvalue weighted by Crippen LogP contribution is 2.41. The van der Waals surface area contributed by atoms with Crippen LogP contribution in [-0.4, -0.2) is 11.7 Å². The number of halogens is 3. The number of Topliss-reactive ketones (excluding diaryl/α,β-unsaturated/α-hetero) is 1. The first kappa shape index (κ1) is 13.9. The summed E-state index contributed by atoms with van der Waals surface area (Å²) in [4.78, 5) is 26.3. The van der Waals surface area contributed by atoms with Gasteiger partial charge in [0.05, 0.1) is 32.2 Å². The third-order valence-corrected chi connectivity index (χ3v) is 4.79. The highest BCUT2D eigenvalue weighted by Gasteiger charge is 2.39. The molecule has 2 heterocycles. The van der Waals surface area contributed by atoms with Gasteiger partial charge in [0.1, 0.15) is 0 Å². The van der Waals surface area contributed by atoms with Gasteiger partial charge in [-0.05, 0) is 24.3 Å². The molecule has 0 atom stereocenters. The minimum atomic E-state index is -0.629. The Hall–Kier alpha value is -1.07. The smallest absolute Gasteiger partial charge is 0.298 e. The van der Waals surface area contributed by atoms with Crippen molar-refractivity contribution in [1.82, 2.24) is 0 Å². The van der Waals surface area contributed by atoms with Crippen molar-refractivity contribution >= 4 is 63.5 Å². The van der Waals surface area contributed by atoms with E-state index in [9.17, 15) is 9.59 Å². The van der Waals surface area contributed by atoms with Crippen molar-refractivity contribution in [3.8, 4) is 0 Å². The summed E-state index contributed by atoms with van der Waals surface area (Å²) in [5.74, 6) is -1.25. The number of hydrogen-bond donors (Lipinski definition) is 0. The fraction of sp³-hybridized carbons (Fsp3) is 0.0769. The minimum Gasteiger partial charge on any atom is -0.298 e. The molecule has 0 saturated carbocycles. The van der Waals surface area contributed by atoms with Crippen LogP contribution in [0, 0.1) is 0 Å². The molecule has 1 aromatic carbocycles. The van der Waals surface area contributed by atoms with Crippen LogP contribution in [0.5, 0.6) is 0 Å². The average molecular weight is 347 g/mol. The Morgan fingerprint density at radius 2 is 1.70 bits per heavy atom. The van der Waals surface area contributed by atoms with Gasteiger partial charge in [-0.15, -0.1) is 11.3 Å². The number of rotatable bonds is 2. The maximum atomic E-state index is 12.1. The third-order valence-electron chi connectivity index (χ3n) is 2.96. The highest BCUT2D eigenvalue weighted by molar-refractivity contribution is 7.16. The van der Waals surface area contributed by atoms with Gasteiger partial charge < -0.3 is 0 Å². The van der Waals surface area contributed by atoms with Crippen molar-refractivity contribution in [3.63, 3.8) is 0 Å². The molecule has 0 aliphatic carbocycles. The zero-order chi connectivity index (χ0) is 14.4. The zero-order valence-corrected chi connectivity index (χ0v) is 12.9. The molecule has 3 nitrogen and oxygen atoms in total. The maximum Gasteiger partial charge on any atom is 0.299 e. The second-order valence-electron chi connectivity index (χ2n) is 4.18. The van der Waals surface area contributed by atoms with Crippen molar-refractivity contribution in [2.75, 3.05) is 4.90 Å². The molecule has 2 aromatic rings. The van der Waals surface area contributed by atoms with Crippen molar-refractivity contribution in [2.24, 2.45) is 0 Å². The topological polar surface area (TPSA) is 37.4 Å². The van der Waals surface area contributed by atoms with Crippen LogP contribution in [0.4, 0.5) is 5.69 Å². The lowest BCUT2D eigenvalue weighted by molar-refractivity contribution is -0.114. The SMILES string of the molecule is O=C1C(=O)N(Cc2ccc(Cl)s2)c2c(Cl)ccc(Cl)c21. The third kappa shape index (κ3) is 2.13. The summed E-state index contributed by atoms with van der Waals surface area (Å²) in [7, 11) is 0. The Morgan fingerprint density at radius 3 is 2.35 bits per heavy atom. The van der Waals surface area contributed by atoms with Gasteiger partial charge in [-0.2, -0.15) is 0 Å². The summed E-state index contributed by atoms with van der Waals surface area (Å²) in [6.07, 6.45) is 0. The van der Waals surface area contributed by atoms with Crippen LogP contribution in [0.1, 0.15) is 15.2 Å². The summed E-state index contributed by atoms with van der Waals surface area (Å²) in [5.41, 5.74) is 0.547. The van der Waals surface area contributed by atoms with Crippen molar-refractivity contribution < 1.29 is 9.59 Å². The van der Waals surface area contributed by atoms with Gasteiger partial charge in [-0.25, -0.2) is 0 Å². The molecule has 1 aromatic heterocycles. The minimum absolute atomic E-state index is 0.173. The van der Waals surface area contributed by atoms with E-state index in [0.717, 1.165) is 4.88 Å². The lowest BCUT2D eigenvalue weighted by Gasteiger charge is -2.16. The standard InChI is InChI=1S/C13H6Cl3NO2S/c14-7-2-3-8(15)11-10(7)12(18)13(19)17(11)5-6-1-4-9(16)20-6/h1-4H,5H2. The molecule has 0 unspecified atom stereocenters. The van der Waals surface area contributed by atoms with E-state index in [-0.39, 0.29) is 17.1 Å². The van der Waals surface area contributed by atoms with Crippen LogP contribution in [0.15, 0.2) is 24.3 Å². The van der Waals surface area contributed by atoms with E-state index in [1.807, 2.05) is 0 Å². The van der Waals surface area contributed by atoms with Crippen molar-refractivity contribution in [1.29, 1.82) is 0 Å². The average Bonchev–Trinajstić information content (AvgIpc) is 2.92. The van der Waals surface area contributed by atoms with Crippen LogP contribution in [0.3, 0.4) is 0 Å². The van der Waals surface area contributed by atoms with Gasteiger partial charge in [-0.3, -0.25) is 14.5 Å². The van der Waals surface area contributed by atoms with Crippen LogP contribution in [-0.2, 0) is 11.3 Å². The van der Waals surface area contributed by atoms with Gasteiger partial charge in [-0.1, -0.05) is 34.8 Å². The number of fused-ring (bicyclic) bond motifs is 1. The molecule has 1 aliphatic rings. The Bertz CT molecular complexity index is 741. The van der Waals surface area contributed by atoms with Gasteiger partial charge in [0, 0.05) is 4.88 Å². The molecule has 1 amide bonds. The largest absolute Gasteiger partial charge is 0.299 e. The van der Waals surface area contributed by atoms with E-state index in [0.29, 0.717) is 15.0 Å². The molecule has 0 bridgehead atoms. The maximum absolute atomic E-state index is 12.1. The molecular weight excluding hydrogens is 341 g/mol. The molecule has 0 saturated heterocycles. The summed E-state index contributed by atoms with van der Waals surface area (Å²) in [6.45, 7) is 0.245. The monoisotopic (exact) mass is 345 g/mol. The van der Waals surface area contributed by atoms with E-state index >= 15 is 0 Å². The first-order chi connectivity index (χ1) is 9.49. The van der Waals surface area contributed by atoms with E-state index in [1.54, 1.807) is 18.2 Å². The van der Waals surface area contributed by atoms with Gasteiger partial charge in [0.15, 0.2) is 0 Å². The van der Waals surface area contributed by atoms with Crippen LogP contribution >= 0.6 is 46.1 Å². The molecule has 102 valence electrons. The molecule has 20 heavy (non-hydrogen) atoms. The Morgan fingerprint density at radius 1 is 1.00 bits per heavy atom. The number of nitrogens with zero attached hydrogens (tertiary/aromatic N) is 1. The quantitative estimate of drug-likeness (QED) is 0.754. The number of hydrogen-bond acceptors (Lipinski definition) is 3. The van der Waals surface area contributed by atoms with Crippen LogP contribution < -0.4 is 4.90 Å². The van der Waals surface area contributed by atoms with Gasteiger partial charge in [0.25, 0.3) is 11.7 Å². The normalized spacial score (nSPS) is 14.1. The number of carbonyl (C=O) groups is 2. The Labute approximate surface area is 133 Å². The fourth-order valence-corrected chi connectivity index (χ4v) is 3.67. The summed E-state index contributed by atoms with van der Waals surface area (Å²) in [6, 6.07) is 6.63.